The first-order chi connectivity index (χ1) is 14.4. The first-order valence-corrected chi connectivity index (χ1v) is 9.62. The highest BCUT2D eigenvalue weighted by atomic mass is 19.3. The van der Waals surface area contributed by atoms with Crippen LogP contribution in [0.2, 0.25) is 0 Å². The van der Waals surface area contributed by atoms with Crippen LogP contribution >= 0.6 is 0 Å². The van der Waals surface area contributed by atoms with Crippen molar-refractivity contribution in [1.82, 2.24) is 19.9 Å². The number of amides is 1. The van der Waals surface area contributed by atoms with Gasteiger partial charge in [-0.05, 0) is 44.0 Å². The Hall–Kier alpha value is -3.23. The summed E-state index contributed by atoms with van der Waals surface area (Å²) in [5.74, 6) is 0.929. The molecule has 4 rings (SSSR count). The number of benzene rings is 1. The molecule has 1 N–H and O–H groups in total. The Bertz CT molecular complexity index is 1100. The average Bonchev–Trinajstić information content (AvgIpc) is 3.50. The standard InChI is InChI=1S/C21H22F2N4O3/c1-11(14-8-13(29-2)6-7-18(14)30-3)24-21(28)16-10-19-25-15(12-4-5-12)9-17(20(22)23)27(19)26-16/h6-12,20H,4-5H2,1-3H3,(H,24,28). The SMILES string of the molecule is COc1ccc(OC)c(C(C)NC(=O)c2cc3nc(C4CC4)cc(C(F)F)n3n2)c1. The molecule has 0 bridgehead atoms. The summed E-state index contributed by atoms with van der Waals surface area (Å²) in [7, 11) is 3.09. The minimum absolute atomic E-state index is 0.0195. The summed E-state index contributed by atoms with van der Waals surface area (Å²) in [6.07, 6.45) is -0.843. The topological polar surface area (TPSA) is 77.8 Å². The van der Waals surface area contributed by atoms with E-state index in [9.17, 15) is 13.6 Å². The molecule has 1 unspecified atom stereocenters. The summed E-state index contributed by atoms with van der Waals surface area (Å²) in [5, 5.41) is 6.92. The van der Waals surface area contributed by atoms with E-state index in [1.54, 1.807) is 32.2 Å². The van der Waals surface area contributed by atoms with Crippen LogP contribution in [0.5, 0.6) is 11.5 Å². The lowest BCUT2D eigenvalue weighted by Crippen LogP contribution is -2.27. The minimum Gasteiger partial charge on any atom is -0.497 e. The van der Waals surface area contributed by atoms with Crippen LogP contribution in [0.1, 0.15) is 65.6 Å². The van der Waals surface area contributed by atoms with Crippen LogP contribution in [0.4, 0.5) is 8.78 Å². The number of nitrogens with one attached hydrogen (secondary N) is 1. The molecular weight excluding hydrogens is 394 g/mol. The molecule has 0 spiro atoms. The van der Waals surface area contributed by atoms with Gasteiger partial charge in [-0.15, -0.1) is 0 Å². The van der Waals surface area contributed by atoms with E-state index in [0.717, 1.165) is 22.9 Å². The van der Waals surface area contributed by atoms with Crippen LogP contribution in [-0.4, -0.2) is 34.7 Å². The second-order valence-corrected chi connectivity index (χ2v) is 7.28. The second kappa shape index (κ2) is 7.89. The van der Waals surface area contributed by atoms with Crippen LogP contribution in [0.15, 0.2) is 30.3 Å². The maximum Gasteiger partial charge on any atom is 0.280 e. The van der Waals surface area contributed by atoms with Gasteiger partial charge < -0.3 is 14.8 Å². The lowest BCUT2D eigenvalue weighted by Gasteiger charge is -2.17. The number of fused-ring (bicyclic) bond motifs is 1. The smallest absolute Gasteiger partial charge is 0.280 e. The predicted octanol–water partition coefficient (Wildman–Crippen LogP) is 4.05. The van der Waals surface area contributed by atoms with Gasteiger partial charge in [0.2, 0.25) is 0 Å². The second-order valence-electron chi connectivity index (χ2n) is 7.28. The molecule has 3 aromatic rings. The molecule has 9 heteroatoms. The Morgan fingerprint density at radius 2 is 1.97 bits per heavy atom. The van der Waals surface area contributed by atoms with Gasteiger partial charge in [0, 0.05) is 23.2 Å². The van der Waals surface area contributed by atoms with E-state index < -0.39 is 18.4 Å². The number of halogens is 2. The van der Waals surface area contributed by atoms with Gasteiger partial charge in [0.25, 0.3) is 12.3 Å². The Morgan fingerprint density at radius 3 is 2.60 bits per heavy atom. The largest absolute Gasteiger partial charge is 0.497 e. The number of nitrogens with zero attached hydrogens (tertiary/aromatic N) is 3. The summed E-state index contributed by atoms with van der Waals surface area (Å²) in [6, 6.07) is 7.66. The molecule has 1 aliphatic rings. The first kappa shape index (κ1) is 20.1. The lowest BCUT2D eigenvalue weighted by atomic mass is 10.1. The Labute approximate surface area is 172 Å². The fourth-order valence-electron chi connectivity index (χ4n) is 3.40. The van der Waals surface area contributed by atoms with Crippen LogP contribution in [0.3, 0.4) is 0 Å². The van der Waals surface area contributed by atoms with Crippen molar-refractivity contribution >= 4 is 11.6 Å². The zero-order valence-corrected chi connectivity index (χ0v) is 16.9. The number of hydrogen-bond donors (Lipinski definition) is 1. The van der Waals surface area contributed by atoms with Gasteiger partial charge in [0.15, 0.2) is 11.3 Å². The number of methoxy groups -OCH3 is 2. The lowest BCUT2D eigenvalue weighted by molar-refractivity contribution is 0.0933. The molecule has 1 aliphatic carbocycles. The summed E-state index contributed by atoms with van der Waals surface area (Å²) < 4.78 is 38.7. The van der Waals surface area contributed by atoms with Crippen molar-refractivity contribution in [2.24, 2.45) is 0 Å². The number of carbonyl (C=O) groups is 1. The molecule has 0 radical (unpaired) electrons. The molecule has 1 aromatic carbocycles. The van der Waals surface area contributed by atoms with E-state index in [2.05, 4.69) is 15.4 Å². The van der Waals surface area contributed by atoms with Gasteiger partial charge >= 0.3 is 0 Å². The van der Waals surface area contributed by atoms with Gasteiger partial charge in [0.05, 0.1) is 20.3 Å². The summed E-state index contributed by atoms with van der Waals surface area (Å²) in [4.78, 5) is 17.2. The van der Waals surface area contributed by atoms with Gasteiger partial charge in [0.1, 0.15) is 17.2 Å². The number of carbonyl (C=O) groups excluding carboxylic acids is 1. The number of hydrogen-bond acceptors (Lipinski definition) is 5. The Balaban J connectivity index is 1.63. The number of rotatable bonds is 7. The molecule has 7 nitrogen and oxygen atoms in total. The third-order valence-electron chi connectivity index (χ3n) is 5.18. The van der Waals surface area contributed by atoms with Crippen molar-refractivity contribution in [1.29, 1.82) is 0 Å². The van der Waals surface area contributed by atoms with Crippen LogP contribution in [0.25, 0.3) is 5.65 Å². The van der Waals surface area contributed by atoms with Crippen molar-refractivity contribution in [3.63, 3.8) is 0 Å². The minimum atomic E-state index is -2.72. The van der Waals surface area contributed by atoms with E-state index in [0.29, 0.717) is 17.2 Å². The molecule has 0 saturated heterocycles. The van der Waals surface area contributed by atoms with Gasteiger partial charge in [-0.1, -0.05) is 0 Å². The van der Waals surface area contributed by atoms with Crippen molar-refractivity contribution in [2.75, 3.05) is 14.2 Å². The van der Waals surface area contributed by atoms with Crippen molar-refractivity contribution in [2.45, 2.75) is 38.2 Å². The number of ether oxygens (including phenoxy) is 2. The maximum absolute atomic E-state index is 13.5. The normalized spacial score (nSPS) is 14.7. The summed E-state index contributed by atoms with van der Waals surface area (Å²) in [5.41, 5.74) is 1.34. The van der Waals surface area contributed by atoms with Crippen molar-refractivity contribution < 1.29 is 23.0 Å². The Kier molecular flexibility index (Phi) is 5.27. The van der Waals surface area contributed by atoms with Crippen LogP contribution in [0, 0.1) is 0 Å². The monoisotopic (exact) mass is 416 g/mol. The Morgan fingerprint density at radius 1 is 1.20 bits per heavy atom. The average molecular weight is 416 g/mol. The molecule has 2 heterocycles. The highest BCUT2D eigenvalue weighted by Crippen LogP contribution is 2.40. The molecule has 1 amide bonds. The van der Waals surface area contributed by atoms with Gasteiger partial charge in [-0.3, -0.25) is 4.79 Å². The van der Waals surface area contributed by atoms with Crippen molar-refractivity contribution in [3.8, 4) is 11.5 Å². The molecule has 0 aliphatic heterocycles. The fraction of sp³-hybridized carbons (Fsp3) is 0.381. The molecule has 30 heavy (non-hydrogen) atoms. The van der Waals surface area contributed by atoms with E-state index in [1.807, 2.05) is 0 Å². The number of aromatic nitrogens is 3. The first-order valence-electron chi connectivity index (χ1n) is 9.62. The van der Waals surface area contributed by atoms with Crippen LogP contribution < -0.4 is 14.8 Å². The zero-order valence-electron chi connectivity index (χ0n) is 16.9. The van der Waals surface area contributed by atoms with Crippen molar-refractivity contribution in [3.05, 3.63) is 53.0 Å². The zero-order chi connectivity index (χ0) is 21.4. The summed E-state index contributed by atoms with van der Waals surface area (Å²) in [6.45, 7) is 1.79. The predicted molar refractivity (Wildman–Crippen MR) is 105 cm³/mol. The van der Waals surface area contributed by atoms with E-state index in [-0.39, 0.29) is 23.0 Å². The van der Waals surface area contributed by atoms with Gasteiger partial charge in [-0.25, -0.2) is 18.3 Å². The molecule has 158 valence electrons. The third kappa shape index (κ3) is 3.79. The summed E-state index contributed by atoms with van der Waals surface area (Å²) >= 11 is 0. The van der Waals surface area contributed by atoms with E-state index >= 15 is 0 Å². The molecule has 1 fully saturated rings. The van der Waals surface area contributed by atoms with E-state index in [4.69, 9.17) is 9.47 Å². The highest BCUT2D eigenvalue weighted by molar-refractivity contribution is 5.93. The molecule has 1 saturated carbocycles. The molecular formula is C21H22F2N4O3. The quantitative estimate of drug-likeness (QED) is 0.629. The van der Waals surface area contributed by atoms with E-state index in [1.165, 1.54) is 19.2 Å². The molecule has 1 atom stereocenters. The third-order valence-corrected chi connectivity index (χ3v) is 5.18. The fourth-order valence-corrected chi connectivity index (χ4v) is 3.40. The highest BCUT2D eigenvalue weighted by Gasteiger charge is 2.28. The molecule has 2 aromatic heterocycles. The van der Waals surface area contributed by atoms with Crippen LogP contribution in [-0.2, 0) is 0 Å². The maximum atomic E-state index is 13.5. The number of alkyl halides is 2. The van der Waals surface area contributed by atoms with Gasteiger partial charge in [-0.2, -0.15) is 5.10 Å².